The lowest BCUT2D eigenvalue weighted by atomic mass is 10.1. The molecule has 0 bridgehead atoms. The summed E-state index contributed by atoms with van der Waals surface area (Å²) in [4.78, 5) is 11.9. The Bertz CT molecular complexity index is 461. The van der Waals surface area contributed by atoms with Gasteiger partial charge in [-0.15, -0.1) is 0 Å². The van der Waals surface area contributed by atoms with Gasteiger partial charge in [0.2, 0.25) is 0 Å². The van der Waals surface area contributed by atoms with E-state index in [9.17, 15) is 4.79 Å². The van der Waals surface area contributed by atoms with Crippen LogP contribution in [0.1, 0.15) is 29.8 Å². The quantitative estimate of drug-likeness (QED) is 0.906. The van der Waals surface area contributed by atoms with E-state index < -0.39 is 5.54 Å². The molecule has 3 nitrogen and oxygen atoms in total. The van der Waals surface area contributed by atoms with Crippen LogP contribution in [0.3, 0.4) is 0 Å². The van der Waals surface area contributed by atoms with E-state index in [0.29, 0.717) is 5.56 Å². The summed E-state index contributed by atoms with van der Waals surface area (Å²) in [6.45, 7) is 5.24. The van der Waals surface area contributed by atoms with Gasteiger partial charge in [-0.3, -0.25) is 4.79 Å². The summed E-state index contributed by atoms with van der Waals surface area (Å²) < 4.78 is 0.765. The third-order valence-corrected chi connectivity index (χ3v) is 3.19. The number of benzene rings is 1. The number of rotatable bonds is 2. The second-order valence-corrected chi connectivity index (χ2v) is 4.92. The van der Waals surface area contributed by atoms with Crippen molar-refractivity contribution in [1.82, 2.24) is 5.32 Å². The second-order valence-electron chi connectivity index (χ2n) is 4.13. The zero-order valence-corrected chi connectivity index (χ0v) is 11.1. The molecule has 0 aliphatic carbocycles. The SMILES string of the molecule is Cc1cccc(C(=O)NC(C)(C)C#N)c1Br. The molecule has 0 saturated heterocycles. The summed E-state index contributed by atoms with van der Waals surface area (Å²) >= 11 is 3.37. The van der Waals surface area contributed by atoms with Crippen LogP contribution in [0.25, 0.3) is 0 Å². The molecule has 0 unspecified atom stereocenters. The molecule has 0 radical (unpaired) electrons. The lowest BCUT2D eigenvalue weighted by molar-refractivity contribution is 0.0928. The molecule has 0 saturated carbocycles. The number of carbonyl (C=O) groups is 1. The van der Waals surface area contributed by atoms with Crippen LogP contribution in [0.15, 0.2) is 22.7 Å². The van der Waals surface area contributed by atoms with Gasteiger partial charge in [-0.05, 0) is 48.3 Å². The fourth-order valence-corrected chi connectivity index (χ4v) is 1.65. The number of amides is 1. The average molecular weight is 281 g/mol. The molecule has 0 atom stereocenters. The summed E-state index contributed by atoms with van der Waals surface area (Å²) in [6, 6.07) is 7.48. The van der Waals surface area contributed by atoms with Gasteiger partial charge in [-0.1, -0.05) is 12.1 Å². The Labute approximate surface area is 104 Å². The van der Waals surface area contributed by atoms with Crippen molar-refractivity contribution >= 4 is 21.8 Å². The zero-order chi connectivity index (χ0) is 12.3. The highest BCUT2D eigenvalue weighted by Crippen LogP contribution is 2.21. The highest BCUT2D eigenvalue weighted by atomic mass is 79.9. The smallest absolute Gasteiger partial charge is 0.253 e. The Hall–Kier alpha value is -1.34. The minimum absolute atomic E-state index is 0.248. The van der Waals surface area contributed by atoms with Crippen molar-refractivity contribution in [1.29, 1.82) is 5.26 Å². The van der Waals surface area contributed by atoms with Crippen molar-refractivity contribution in [3.05, 3.63) is 33.8 Å². The summed E-state index contributed by atoms with van der Waals surface area (Å²) in [5, 5.41) is 11.5. The monoisotopic (exact) mass is 280 g/mol. The van der Waals surface area contributed by atoms with Crippen LogP contribution in [0.5, 0.6) is 0 Å². The molecule has 0 aliphatic heterocycles. The number of halogens is 1. The molecule has 1 amide bonds. The molecule has 0 aromatic heterocycles. The number of aryl methyl sites for hydroxylation is 1. The molecule has 0 aliphatic rings. The lowest BCUT2D eigenvalue weighted by Gasteiger charge is -2.18. The molecule has 1 aromatic rings. The number of nitriles is 1. The number of carbonyl (C=O) groups excluding carboxylic acids is 1. The Morgan fingerprint density at radius 1 is 1.50 bits per heavy atom. The summed E-state index contributed by atoms with van der Waals surface area (Å²) in [5.41, 5.74) is 0.672. The molecule has 4 heteroatoms. The predicted molar refractivity (Wildman–Crippen MR) is 66.0 cm³/mol. The van der Waals surface area contributed by atoms with Gasteiger partial charge in [-0.25, -0.2) is 0 Å². The number of nitrogens with zero attached hydrogens (tertiary/aromatic N) is 1. The van der Waals surface area contributed by atoms with Crippen molar-refractivity contribution in [3.63, 3.8) is 0 Å². The average Bonchev–Trinajstić information content (AvgIpc) is 2.21. The first-order valence-electron chi connectivity index (χ1n) is 4.86. The number of hydrogen-bond donors (Lipinski definition) is 1. The van der Waals surface area contributed by atoms with Crippen LogP contribution in [0, 0.1) is 18.3 Å². The maximum absolute atomic E-state index is 11.9. The van der Waals surface area contributed by atoms with Crippen molar-refractivity contribution in [2.45, 2.75) is 26.3 Å². The normalized spacial score (nSPS) is 10.7. The highest BCUT2D eigenvalue weighted by molar-refractivity contribution is 9.10. The van der Waals surface area contributed by atoms with Gasteiger partial charge >= 0.3 is 0 Å². The Kier molecular flexibility index (Phi) is 3.71. The fraction of sp³-hybridized carbons (Fsp3) is 0.333. The molecule has 1 aromatic carbocycles. The summed E-state index contributed by atoms with van der Waals surface area (Å²) in [6.07, 6.45) is 0. The van der Waals surface area contributed by atoms with Gasteiger partial charge in [0.1, 0.15) is 5.54 Å². The third-order valence-electron chi connectivity index (χ3n) is 2.14. The van der Waals surface area contributed by atoms with Crippen LogP contribution in [-0.2, 0) is 0 Å². The molecule has 1 N–H and O–H groups in total. The molecule has 1 rings (SSSR count). The standard InChI is InChI=1S/C12H13BrN2O/c1-8-5-4-6-9(10(8)13)11(16)15-12(2,3)7-14/h4-6H,1-3H3,(H,15,16). The van der Waals surface area contributed by atoms with Crippen molar-refractivity contribution < 1.29 is 4.79 Å². The maximum atomic E-state index is 11.9. The van der Waals surface area contributed by atoms with Crippen LogP contribution < -0.4 is 5.32 Å². The van der Waals surface area contributed by atoms with E-state index in [1.165, 1.54) is 0 Å². The Morgan fingerprint density at radius 3 is 2.69 bits per heavy atom. The van der Waals surface area contributed by atoms with E-state index in [2.05, 4.69) is 21.2 Å². The van der Waals surface area contributed by atoms with Gasteiger partial charge < -0.3 is 5.32 Å². The molecule has 0 fully saturated rings. The van der Waals surface area contributed by atoms with E-state index in [0.717, 1.165) is 10.0 Å². The van der Waals surface area contributed by atoms with Crippen LogP contribution >= 0.6 is 15.9 Å². The molecule has 16 heavy (non-hydrogen) atoms. The minimum Gasteiger partial charge on any atom is -0.334 e. The molecule has 0 spiro atoms. The van der Waals surface area contributed by atoms with Crippen LogP contribution in [-0.4, -0.2) is 11.4 Å². The maximum Gasteiger partial charge on any atom is 0.253 e. The first-order valence-corrected chi connectivity index (χ1v) is 5.65. The van der Waals surface area contributed by atoms with Crippen molar-refractivity contribution in [2.75, 3.05) is 0 Å². The van der Waals surface area contributed by atoms with Gasteiger partial charge in [0, 0.05) is 4.47 Å². The largest absolute Gasteiger partial charge is 0.334 e. The van der Waals surface area contributed by atoms with E-state index in [1.807, 2.05) is 25.1 Å². The van der Waals surface area contributed by atoms with Crippen molar-refractivity contribution in [2.24, 2.45) is 0 Å². The van der Waals surface area contributed by atoms with Gasteiger partial charge in [0.15, 0.2) is 0 Å². The van der Waals surface area contributed by atoms with Crippen LogP contribution in [0.2, 0.25) is 0 Å². The van der Waals surface area contributed by atoms with Gasteiger partial charge in [-0.2, -0.15) is 5.26 Å². The summed E-state index contributed by atoms with van der Waals surface area (Å²) in [5.74, 6) is -0.248. The first-order chi connectivity index (χ1) is 7.37. The van der Waals surface area contributed by atoms with E-state index >= 15 is 0 Å². The van der Waals surface area contributed by atoms with Crippen molar-refractivity contribution in [3.8, 4) is 6.07 Å². The Morgan fingerprint density at radius 2 is 2.12 bits per heavy atom. The predicted octanol–water partition coefficient (Wildman–Crippen LogP) is 2.79. The number of hydrogen-bond acceptors (Lipinski definition) is 2. The van der Waals surface area contributed by atoms with E-state index in [4.69, 9.17) is 5.26 Å². The molecule has 0 heterocycles. The number of nitrogens with one attached hydrogen (secondary N) is 1. The Balaban J connectivity index is 2.99. The van der Waals surface area contributed by atoms with Crippen LogP contribution in [0.4, 0.5) is 0 Å². The molecular formula is C12H13BrN2O. The van der Waals surface area contributed by atoms with E-state index in [-0.39, 0.29) is 5.91 Å². The van der Waals surface area contributed by atoms with Gasteiger partial charge in [0.05, 0.1) is 11.6 Å². The topological polar surface area (TPSA) is 52.9 Å². The fourth-order valence-electron chi connectivity index (χ4n) is 1.20. The zero-order valence-electron chi connectivity index (χ0n) is 9.47. The van der Waals surface area contributed by atoms with Gasteiger partial charge in [0.25, 0.3) is 5.91 Å². The highest BCUT2D eigenvalue weighted by Gasteiger charge is 2.21. The second kappa shape index (κ2) is 4.67. The third kappa shape index (κ3) is 2.83. The van der Waals surface area contributed by atoms with E-state index in [1.54, 1.807) is 19.9 Å². The summed E-state index contributed by atoms with van der Waals surface area (Å²) in [7, 11) is 0. The molecule has 84 valence electrons. The first kappa shape index (κ1) is 12.7. The lowest BCUT2D eigenvalue weighted by Crippen LogP contribution is -2.42. The molecular weight excluding hydrogens is 268 g/mol. The minimum atomic E-state index is -0.861.